The second-order valence-corrected chi connectivity index (χ2v) is 6.96. The quantitative estimate of drug-likeness (QED) is 0.726. The molecule has 0 saturated heterocycles. The van der Waals surface area contributed by atoms with E-state index in [2.05, 4.69) is 40.8 Å². The second-order valence-electron chi connectivity index (χ2n) is 5.39. The maximum Gasteiger partial charge on any atom is 0.122 e. The minimum Gasteiger partial charge on any atom is -0.493 e. The van der Waals surface area contributed by atoms with Crippen molar-refractivity contribution >= 4 is 34.2 Å². The summed E-state index contributed by atoms with van der Waals surface area (Å²) in [4.78, 5) is 0. The van der Waals surface area contributed by atoms with Gasteiger partial charge in [-0.3, -0.25) is 0 Å². The molecule has 0 amide bonds. The summed E-state index contributed by atoms with van der Waals surface area (Å²) in [6, 6.07) is 14.3. The Hall–Kier alpha value is -0.780. The lowest BCUT2D eigenvalue weighted by Gasteiger charge is -2.28. The molecule has 3 rings (SSSR count). The Morgan fingerprint density at radius 3 is 2.90 bits per heavy atom. The van der Waals surface area contributed by atoms with Crippen LogP contribution in [0, 0.1) is 3.57 Å². The van der Waals surface area contributed by atoms with Gasteiger partial charge in [-0.05, 0) is 70.7 Å². The molecule has 2 nitrogen and oxygen atoms in total. The SMILES string of the molecule is NC(CC1CCOc2ccccc21)c1ccc(I)c(Cl)c1. The van der Waals surface area contributed by atoms with E-state index in [-0.39, 0.29) is 6.04 Å². The predicted octanol–water partition coefficient (Wildman–Crippen LogP) is 4.90. The fourth-order valence-electron chi connectivity index (χ4n) is 2.85. The van der Waals surface area contributed by atoms with Gasteiger partial charge in [0.2, 0.25) is 0 Å². The Balaban J connectivity index is 1.79. The van der Waals surface area contributed by atoms with Crippen molar-refractivity contribution in [3.63, 3.8) is 0 Å². The second kappa shape index (κ2) is 6.55. The third-order valence-electron chi connectivity index (χ3n) is 3.99. The standard InChI is InChI=1S/C17H17ClINO/c18-14-9-12(5-6-15(14)19)16(20)10-11-7-8-21-17-4-2-1-3-13(11)17/h1-6,9,11,16H,7-8,10,20H2. The van der Waals surface area contributed by atoms with Crippen molar-refractivity contribution in [3.8, 4) is 5.75 Å². The van der Waals surface area contributed by atoms with Crippen LogP contribution in [0.2, 0.25) is 5.02 Å². The van der Waals surface area contributed by atoms with Gasteiger partial charge in [0.1, 0.15) is 5.75 Å². The fourth-order valence-corrected chi connectivity index (χ4v) is 3.37. The largest absolute Gasteiger partial charge is 0.493 e. The molecule has 0 bridgehead atoms. The fraction of sp³-hybridized carbons (Fsp3) is 0.294. The van der Waals surface area contributed by atoms with E-state index in [4.69, 9.17) is 22.1 Å². The van der Waals surface area contributed by atoms with Gasteiger partial charge in [0.05, 0.1) is 11.6 Å². The summed E-state index contributed by atoms with van der Waals surface area (Å²) in [7, 11) is 0. The van der Waals surface area contributed by atoms with Gasteiger partial charge in [-0.1, -0.05) is 35.9 Å². The number of halogens is 2. The van der Waals surface area contributed by atoms with Crippen molar-refractivity contribution in [2.24, 2.45) is 5.73 Å². The first-order valence-electron chi connectivity index (χ1n) is 7.07. The van der Waals surface area contributed by atoms with Crippen LogP contribution in [0.5, 0.6) is 5.75 Å². The molecule has 2 unspecified atom stereocenters. The van der Waals surface area contributed by atoms with Crippen LogP contribution in [-0.4, -0.2) is 6.61 Å². The summed E-state index contributed by atoms with van der Waals surface area (Å²) >= 11 is 8.43. The van der Waals surface area contributed by atoms with Crippen LogP contribution in [0.3, 0.4) is 0 Å². The molecule has 0 saturated carbocycles. The maximum absolute atomic E-state index is 6.40. The van der Waals surface area contributed by atoms with Gasteiger partial charge in [0.15, 0.2) is 0 Å². The van der Waals surface area contributed by atoms with Crippen molar-refractivity contribution in [1.29, 1.82) is 0 Å². The van der Waals surface area contributed by atoms with Crippen LogP contribution >= 0.6 is 34.2 Å². The molecule has 4 heteroatoms. The van der Waals surface area contributed by atoms with E-state index in [1.54, 1.807) is 0 Å². The highest BCUT2D eigenvalue weighted by molar-refractivity contribution is 14.1. The summed E-state index contributed by atoms with van der Waals surface area (Å²) in [6.07, 6.45) is 1.93. The van der Waals surface area contributed by atoms with E-state index in [0.29, 0.717) is 5.92 Å². The van der Waals surface area contributed by atoms with Gasteiger partial charge in [-0.2, -0.15) is 0 Å². The third kappa shape index (κ3) is 3.35. The summed E-state index contributed by atoms with van der Waals surface area (Å²) in [5.74, 6) is 1.45. The van der Waals surface area contributed by atoms with E-state index >= 15 is 0 Å². The van der Waals surface area contributed by atoms with Crippen LogP contribution in [-0.2, 0) is 0 Å². The molecule has 1 heterocycles. The lowest BCUT2D eigenvalue weighted by molar-refractivity contribution is 0.259. The molecule has 2 atom stereocenters. The molecular weight excluding hydrogens is 397 g/mol. The molecule has 0 fully saturated rings. The van der Waals surface area contributed by atoms with E-state index in [1.807, 2.05) is 24.3 Å². The number of nitrogens with two attached hydrogens (primary N) is 1. The Bertz CT molecular complexity index is 646. The normalized spacial score (nSPS) is 18.7. The smallest absolute Gasteiger partial charge is 0.122 e. The molecule has 1 aliphatic rings. The van der Waals surface area contributed by atoms with E-state index in [1.165, 1.54) is 5.56 Å². The van der Waals surface area contributed by atoms with Crippen LogP contribution in [0.25, 0.3) is 0 Å². The Kier molecular flexibility index (Phi) is 4.72. The number of benzene rings is 2. The number of ether oxygens (including phenoxy) is 1. The monoisotopic (exact) mass is 413 g/mol. The zero-order valence-corrected chi connectivity index (χ0v) is 14.5. The lowest BCUT2D eigenvalue weighted by atomic mass is 9.86. The number of para-hydroxylation sites is 1. The molecule has 0 aromatic heterocycles. The summed E-state index contributed by atoms with van der Waals surface area (Å²) in [6.45, 7) is 0.766. The van der Waals surface area contributed by atoms with Crippen molar-refractivity contribution in [1.82, 2.24) is 0 Å². The van der Waals surface area contributed by atoms with Gasteiger partial charge < -0.3 is 10.5 Å². The Morgan fingerprint density at radius 1 is 1.29 bits per heavy atom. The van der Waals surface area contributed by atoms with Gasteiger partial charge in [-0.25, -0.2) is 0 Å². The summed E-state index contributed by atoms with van der Waals surface area (Å²) < 4.78 is 6.77. The Labute approximate surface area is 143 Å². The number of hydrogen-bond donors (Lipinski definition) is 1. The molecule has 21 heavy (non-hydrogen) atoms. The minimum absolute atomic E-state index is 0.00402. The number of fused-ring (bicyclic) bond motifs is 1. The van der Waals surface area contributed by atoms with Crippen LogP contribution < -0.4 is 10.5 Å². The Morgan fingerprint density at radius 2 is 2.10 bits per heavy atom. The molecule has 0 aliphatic carbocycles. The van der Waals surface area contributed by atoms with Crippen LogP contribution in [0.4, 0.5) is 0 Å². The topological polar surface area (TPSA) is 35.2 Å². The molecule has 2 N–H and O–H groups in total. The highest BCUT2D eigenvalue weighted by Gasteiger charge is 2.23. The van der Waals surface area contributed by atoms with Crippen molar-refractivity contribution in [2.75, 3.05) is 6.61 Å². The molecule has 110 valence electrons. The minimum atomic E-state index is -0.00402. The van der Waals surface area contributed by atoms with E-state index in [9.17, 15) is 0 Å². The zero-order valence-electron chi connectivity index (χ0n) is 11.6. The average Bonchev–Trinajstić information content (AvgIpc) is 2.50. The first-order valence-corrected chi connectivity index (χ1v) is 8.53. The molecular formula is C17H17ClINO. The summed E-state index contributed by atoms with van der Waals surface area (Å²) in [5.41, 5.74) is 8.78. The first-order chi connectivity index (χ1) is 10.1. The average molecular weight is 414 g/mol. The lowest BCUT2D eigenvalue weighted by Crippen LogP contribution is -2.20. The van der Waals surface area contributed by atoms with Crippen LogP contribution in [0.1, 0.15) is 35.9 Å². The predicted molar refractivity (Wildman–Crippen MR) is 95.0 cm³/mol. The van der Waals surface area contributed by atoms with E-state index in [0.717, 1.165) is 39.4 Å². The first kappa shape index (κ1) is 15.1. The molecule has 2 aromatic carbocycles. The van der Waals surface area contributed by atoms with Gasteiger partial charge in [-0.15, -0.1) is 0 Å². The van der Waals surface area contributed by atoms with Crippen molar-refractivity contribution in [2.45, 2.75) is 24.8 Å². The van der Waals surface area contributed by atoms with Gasteiger partial charge in [0.25, 0.3) is 0 Å². The van der Waals surface area contributed by atoms with Gasteiger partial charge >= 0.3 is 0 Å². The number of hydrogen-bond acceptors (Lipinski definition) is 2. The molecule has 0 spiro atoms. The van der Waals surface area contributed by atoms with Gasteiger partial charge in [0, 0.05) is 9.61 Å². The highest BCUT2D eigenvalue weighted by atomic mass is 127. The third-order valence-corrected chi connectivity index (χ3v) is 5.57. The molecule has 2 aromatic rings. The summed E-state index contributed by atoms with van der Waals surface area (Å²) in [5, 5.41) is 0.774. The van der Waals surface area contributed by atoms with E-state index < -0.39 is 0 Å². The maximum atomic E-state index is 6.40. The number of rotatable bonds is 3. The molecule has 1 aliphatic heterocycles. The van der Waals surface area contributed by atoms with Crippen molar-refractivity contribution < 1.29 is 4.74 Å². The highest BCUT2D eigenvalue weighted by Crippen LogP contribution is 2.38. The van der Waals surface area contributed by atoms with Crippen molar-refractivity contribution in [3.05, 3.63) is 62.2 Å². The van der Waals surface area contributed by atoms with Crippen LogP contribution in [0.15, 0.2) is 42.5 Å². The molecule has 0 radical (unpaired) electrons. The zero-order chi connectivity index (χ0) is 14.8.